The third-order valence-electron chi connectivity index (χ3n) is 1.93. The number of aliphatic carboxylic acids is 3. The molecule has 0 saturated carbocycles. The normalized spacial score (nSPS) is 12.1. The summed E-state index contributed by atoms with van der Waals surface area (Å²) in [7, 11) is 0. The van der Waals surface area contributed by atoms with Gasteiger partial charge < -0.3 is 20.1 Å². The number of nitrogens with zero attached hydrogens (tertiary/aromatic N) is 1. The number of ether oxygens (including phenoxy) is 1. The van der Waals surface area contributed by atoms with Crippen LogP contribution in [0.25, 0.3) is 0 Å². The maximum Gasteiger partial charge on any atom is 0.329 e. The molecule has 0 amide bonds. The predicted octanol–water partition coefficient (Wildman–Crippen LogP) is -0.887. The molecule has 0 aliphatic rings. The summed E-state index contributed by atoms with van der Waals surface area (Å²) in [6.45, 7) is 1.75. The lowest BCUT2D eigenvalue weighted by molar-refractivity contribution is -0.146. The van der Waals surface area contributed by atoms with E-state index in [0.717, 1.165) is 4.90 Å². The summed E-state index contributed by atoms with van der Waals surface area (Å²) in [5.41, 5.74) is 0. The zero-order valence-electron chi connectivity index (χ0n) is 9.61. The first-order chi connectivity index (χ1) is 8.36. The Morgan fingerprint density at radius 2 is 1.61 bits per heavy atom. The molecule has 0 spiro atoms. The molecule has 0 aromatic carbocycles. The van der Waals surface area contributed by atoms with Crippen LogP contribution in [0, 0.1) is 0 Å². The van der Waals surface area contributed by atoms with Crippen LogP contribution in [0.5, 0.6) is 0 Å². The van der Waals surface area contributed by atoms with Crippen molar-refractivity contribution in [3.8, 4) is 0 Å². The van der Waals surface area contributed by atoms with Gasteiger partial charge in [-0.3, -0.25) is 14.5 Å². The van der Waals surface area contributed by atoms with Crippen molar-refractivity contribution < 1.29 is 34.4 Å². The van der Waals surface area contributed by atoms with Crippen LogP contribution in [0.1, 0.15) is 0 Å². The topological polar surface area (TPSA) is 124 Å². The van der Waals surface area contributed by atoms with Crippen molar-refractivity contribution in [2.75, 3.05) is 26.3 Å². The molecular weight excluding hydrogens is 246 g/mol. The smallest absolute Gasteiger partial charge is 0.329 e. The van der Waals surface area contributed by atoms with E-state index in [0.29, 0.717) is 0 Å². The van der Waals surface area contributed by atoms with Gasteiger partial charge in [0.2, 0.25) is 0 Å². The number of hydrogen-bond donors (Lipinski definition) is 3. The summed E-state index contributed by atoms with van der Waals surface area (Å²) in [6.07, 6.45) is 1.31. The van der Waals surface area contributed by atoms with Gasteiger partial charge in [0.1, 0.15) is 6.61 Å². The Morgan fingerprint density at radius 3 is 1.94 bits per heavy atom. The minimum atomic E-state index is -1.19. The summed E-state index contributed by atoms with van der Waals surface area (Å²) in [5.74, 6) is -3.55. The molecule has 0 saturated heterocycles. The number of rotatable bonds is 10. The van der Waals surface area contributed by atoms with E-state index < -0.39 is 43.6 Å². The number of carbonyl (C=O) groups is 3. The highest BCUT2D eigenvalue weighted by atomic mass is 16.5. The molecule has 1 atom stereocenters. The second kappa shape index (κ2) is 8.20. The molecule has 0 rings (SSSR count). The van der Waals surface area contributed by atoms with Gasteiger partial charge in [0.05, 0.1) is 25.7 Å². The van der Waals surface area contributed by atoms with Gasteiger partial charge in [0.25, 0.3) is 0 Å². The van der Waals surface area contributed by atoms with Gasteiger partial charge in [0, 0.05) is 0 Å². The molecule has 0 aliphatic heterocycles. The van der Waals surface area contributed by atoms with Crippen molar-refractivity contribution in [1.82, 2.24) is 4.90 Å². The molecule has 3 N–H and O–H groups in total. The average Bonchev–Trinajstić information content (AvgIpc) is 2.21. The Kier molecular flexibility index (Phi) is 7.32. The Labute approximate surface area is 103 Å². The highest BCUT2D eigenvalue weighted by Crippen LogP contribution is 2.02. The SMILES string of the molecule is C=CC(COCC(=O)O)N(CC(=O)O)CC(=O)O. The Balaban J connectivity index is 4.48. The molecule has 0 fully saturated rings. The van der Waals surface area contributed by atoms with Crippen molar-refractivity contribution in [3.05, 3.63) is 12.7 Å². The van der Waals surface area contributed by atoms with Gasteiger partial charge in [-0.25, -0.2) is 4.79 Å². The Morgan fingerprint density at radius 1 is 1.11 bits per heavy atom. The molecule has 0 heterocycles. The van der Waals surface area contributed by atoms with E-state index in [-0.39, 0.29) is 6.61 Å². The van der Waals surface area contributed by atoms with E-state index in [9.17, 15) is 14.4 Å². The summed E-state index contributed by atoms with van der Waals surface area (Å²) in [6, 6.07) is -0.684. The third kappa shape index (κ3) is 7.36. The van der Waals surface area contributed by atoms with E-state index in [1.54, 1.807) is 0 Å². The van der Waals surface area contributed by atoms with Crippen molar-refractivity contribution in [2.45, 2.75) is 6.04 Å². The number of carboxylic acid groups (broad SMARTS) is 3. The van der Waals surface area contributed by atoms with Crippen molar-refractivity contribution in [3.63, 3.8) is 0 Å². The molecule has 0 bridgehead atoms. The fourth-order valence-corrected chi connectivity index (χ4v) is 1.23. The van der Waals surface area contributed by atoms with Gasteiger partial charge in [0.15, 0.2) is 0 Å². The van der Waals surface area contributed by atoms with Crippen LogP contribution < -0.4 is 0 Å². The first-order valence-electron chi connectivity index (χ1n) is 4.96. The largest absolute Gasteiger partial charge is 0.480 e. The van der Waals surface area contributed by atoms with Crippen molar-refractivity contribution in [1.29, 1.82) is 0 Å². The van der Waals surface area contributed by atoms with E-state index >= 15 is 0 Å². The standard InChI is InChI=1S/C10H15NO7/c1-2-7(5-18-6-10(16)17)11(3-8(12)13)4-9(14)15/h2,7H,1,3-6H2,(H,12,13)(H,14,15)(H,16,17). The monoisotopic (exact) mass is 261 g/mol. The summed E-state index contributed by atoms with van der Waals surface area (Å²) < 4.78 is 4.79. The lowest BCUT2D eigenvalue weighted by Gasteiger charge is -2.25. The predicted molar refractivity (Wildman–Crippen MR) is 59.3 cm³/mol. The molecule has 0 aromatic rings. The molecular formula is C10H15NO7. The van der Waals surface area contributed by atoms with Gasteiger partial charge >= 0.3 is 17.9 Å². The molecule has 8 nitrogen and oxygen atoms in total. The molecule has 0 aliphatic carbocycles. The van der Waals surface area contributed by atoms with E-state index in [1.165, 1.54) is 6.08 Å². The van der Waals surface area contributed by atoms with Crippen LogP contribution in [0.3, 0.4) is 0 Å². The number of hydrogen-bond acceptors (Lipinski definition) is 5. The highest BCUT2D eigenvalue weighted by molar-refractivity contribution is 5.72. The first-order valence-corrected chi connectivity index (χ1v) is 4.96. The molecule has 8 heteroatoms. The summed E-state index contributed by atoms with van der Waals surface area (Å²) in [5, 5.41) is 25.7. The average molecular weight is 261 g/mol. The van der Waals surface area contributed by atoms with Crippen LogP contribution in [-0.2, 0) is 19.1 Å². The molecule has 18 heavy (non-hydrogen) atoms. The van der Waals surface area contributed by atoms with Crippen LogP contribution in [0.4, 0.5) is 0 Å². The van der Waals surface area contributed by atoms with Crippen LogP contribution in [-0.4, -0.2) is 70.5 Å². The van der Waals surface area contributed by atoms with Crippen LogP contribution in [0.15, 0.2) is 12.7 Å². The van der Waals surface area contributed by atoms with E-state index in [2.05, 4.69) is 6.58 Å². The minimum absolute atomic E-state index is 0.143. The Bertz CT molecular complexity index is 312. The summed E-state index contributed by atoms with van der Waals surface area (Å²) in [4.78, 5) is 32.5. The number of carboxylic acids is 3. The zero-order valence-corrected chi connectivity index (χ0v) is 9.61. The molecule has 0 radical (unpaired) electrons. The maximum atomic E-state index is 10.6. The molecule has 1 unspecified atom stereocenters. The fraction of sp³-hybridized carbons (Fsp3) is 0.500. The Hall–Kier alpha value is -1.93. The van der Waals surface area contributed by atoms with E-state index in [4.69, 9.17) is 20.1 Å². The summed E-state index contributed by atoms with van der Waals surface area (Å²) >= 11 is 0. The fourth-order valence-electron chi connectivity index (χ4n) is 1.23. The van der Waals surface area contributed by atoms with E-state index in [1.807, 2.05) is 0 Å². The molecule has 102 valence electrons. The third-order valence-corrected chi connectivity index (χ3v) is 1.93. The molecule has 0 aromatic heterocycles. The minimum Gasteiger partial charge on any atom is -0.480 e. The van der Waals surface area contributed by atoms with Gasteiger partial charge in [-0.15, -0.1) is 6.58 Å². The van der Waals surface area contributed by atoms with Gasteiger partial charge in [-0.1, -0.05) is 6.08 Å². The van der Waals surface area contributed by atoms with Crippen molar-refractivity contribution >= 4 is 17.9 Å². The second-order valence-electron chi connectivity index (χ2n) is 3.40. The van der Waals surface area contributed by atoms with Crippen molar-refractivity contribution in [2.24, 2.45) is 0 Å². The lowest BCUT2D eigenvalue weighted by Crippen LogP contribution is -2.43. The lowest BCUT2D eigenvalue weighted by atomic mass is 10.2. The highest BCUT2D eigenvalue weighted by Gasteiger charge is 2.21. The first kappa shape index (κ1) is 16.1. The van der Waals surface area contributed by atoms with Gasteiger partial charge in [-0.2, -0.15) is 0 Å². The maximum absolute atomic E-state index is 10.6. The van der Waals surface area contributed by atoms with Crippen LogP contribution >= 0.6 is 0 Å². The zero-order chi connectivity index (χ0) is 14.1. The second-order valence-corrected chi connectivity index (χ2v) is 3.40. The van der Waals surface area contributed by atoms with Crippen LogP contribution in [0.2, 0.25) is 0 Å². The van der Waals surface area contributed by atoms with Gasteiger partial charge in [-0.05, 0) is 0 Å². The quantitative estimate of drug-likeness (QED) is 0.433.